The molecule has 1 aliphatic heterocycles. The molecule has 1 aromatic rings. The lowest BCUT2D eigenvalue weighted by Crippen LogP contribution is -2.76. The van der Waals surface area contributed by atoms with Crippen LogP contribution in [0.3, 0.4) is 0 Å². The number of amides is 2. The van der Waals surface area contributed by atoms with Crippen molar-refractivity contribution in [3.05, 3.63) is 30.3 Å². The van der Waals surface area contributed by atoms with Gasteiger partial charge in [-0.25, -0.2) is 4.79 Å². The number of carbonyl (C=O) groups excluding carboxylic acids is 3. The molecule has 1 aliphatic rings. The molecule has 0 aliphatic carbocycles. The number of alkyl halides is 4. The summed E-state index contributed by atoms with van der Waals surface area (Å²) in [5, 5.41) is 2.62. The Hall–Kier alpha value is -0.770. The van der Waals surface area contributed by atoms with Crippen molar-refractivity contribution in [1.29, 1.82) is 0 Å². The minimum absolute atomic E-state index is 0.0702. The van der Waals surface area contributed by atoms with Gasteiger partial charge in [0.2, 0.25) is 14.7 Å². The molecule has 7 nitrogen and oxygen atoms in total. The molecule has 1 saturated heterocycles. The minimum atomic E-state index is -2.02. The maximum atomic E-state index is 12.9. The molecular formula is C20H23Cl5N2O5S. The van der Waals surface area contributed by atoms with Crippen molar-refractivity contribution < 1.29 is 23.9 Å². The summed E-state index contributed by atoms with van der Waals surface area (Å²) in [7, 11) is 6.70. The van der Waals surface area contributed by atoms with E-state index in [-0.39, 0.29) is 6.54 Å². The number of nitrogens with zero attached hydrogens (tertiary/aromatic N) is 1. The van der Waals surface area contributed by atoms with E-state index in [4.69, 9.17) is 66.6 Å². The Morgan fingerprint density at radius 2 is 1.70 bits per heavy atom. The highest BCUT2D eigenvalue weighted by molar-refractivity contribution is 8.22. The fourth-order valence-corrected chi connectivity index (χ4v) is 4.18. The third kappa shape index (κ3) is 6.47. The second kappa shape index (κ2) is 10.5. The van der Waals surface area contributed by atoms with E-state index in [1.165, 1.54) is 0 Å². The molecule has 2 unspecified atom stereocenters. The van der Waals surface area contributed by atoms with Crippen molar-refractivity contribution in [2.75, 3.05) is 13.2 Å². The van der Waals surface area contributed by atoms with Gasteiger partial charge in [-0.2, -0.15) is 0 Å². The Kier molecular flexibility index (Phi) is 9.02. The average Bonchev–Trinajstić information content (AvgIpc) is 2.73. The minimum Gasteiger partial charge on any atom is -0.478 e. The number of ether oxygens (including phenoxy) is 2. The van der Waals surface area contributed by atoms with Gasteiger partial charge in [-0.1, -0.05) is 64.6 Å². The maximum Gasteiger partial charge on any atom is 0.349 e. The lowest BCUT2D eigenvalue weighted by Gasteiger charge is -2.52. The topological polar surface area (TPSA) is 84.9 Å². The smallest absolute Gasteiger partial charge is 0.349 e. The zero-order valence-electron chi connectivity index (χ0n) is 18.2. The van der Waals surface area contributed by atoms with E-state index in [1.54, 1.807) is 52.0 Å². The second-order valence-electron chi connectivity index (χ2n) is 8.30. The van der Waals surface area contributed by atoms with Crippen LogP contribution in [0.1, 0.15) is 27.7 Å². The molecule has 13 heteroatoms. The van der Waals surface area contributed by atoms with Gasteiger partial charge in [-0.15, -0.1) is 0 Å². The summed E-state index contributed by atoms with van der Waals surface area (Å²) in [6.45, 7) is 5.61. The molecule has 2 atom stereocenters. The van der Waals surface area contributed by atoms with Gasteiger partial charge in [0.25, 0.3) is 5.91 Å². The van der Waals surface area contributed by atoms with Crippen LogP contribution in [0.4, 0.5) is 0 Å². The number of hydrogen-bond donors (Lipinski definition) is 1. The first-order valence-corrected chi connectivity index (χ1v) is 12.8. The Bertz CT molecular complexity index is 897. The molecule has 0 aromatic heterocycles. The summed E-state index contributed by atoms with van der Waals surface area (Å²) in [4.78, 5) is 37.6. The molecule has 1 heterocycles. The van der Waals surface area contributed by atoms with Gasteiger partial charge in [0.1, 0.15) is 18.4 Å². The number of benzene rings is 1. The summed E-state index contributed by atoms with van der Waals surface area (Å²) in [5.41, 5.74) is -1.27. The highest BCUT2D eigenvalue weighted by atomic mass is 35.7. The normalized spacial score (nSPS) is 18.8. The fourth-order valence-electron chi connectivity index (χ4n) is 2.95. The van der Waals surface area contributed by atoms with Gasteiger partial charge in [0, 0.05) is 0 Å². The first-order valence-electron chi connectivity index (χ1n) is 9.64. The Morgan fingerprint density at radius 3 is 2.18 bits per heavy atom. The number of nitrogens with one attached hydrogen (secondary N) is 1. The lowest BCUT2D eigenvalue weighted by atomic mass is 9.94. The van der Waals surface area contributed by atoms with Gasteiger partial charge in [0.05, 0.1) is 11.3 Å². The first-order chi connectivity index (χ1) is 15.0. The summed E-state index contributed by atoms with van der Waals surface area (Å²) in [5.74, 6) is -1.64. The number of halogens is 5. The van der Waals surface area contributed by atoms with E-state index in [0.717, 1.165) is 15.9 Å². The number of esters is 1. The fraction of sp³-hybridized carbons (Fsp3) is 0.550. The standard InChI is InChI=1S/C20H23Cl5N2O5S/c1-17(2,32-12-8-6-5-7-9-12)15(29)26-13-10-27(14(13)28)20(24,18(3,4)33-25)16(30)31-11-19(21,22)23/h5-9,13H,10-11H2,1-4H3,(H,26,29). The molecule has 1 fully saturated rings. The van der Waals surface area contributed by atoms with Crippen LogP contribution in [0.5, 0.6) is 5.75 Å². The highest BCUT2D eigenvalue weighted by Gasteiger charge is 2.63. The highest BCUT2D eigenvalue weighted by Crippen LogP contribution is 2.47. The average molecular weight is 581 g/mol. The predicted molar refractivity (Wildman–Crippen MR) is 132 cm³/mol. The van der Waals surface area contributed by atoms with Crippen molar-refractivity contribution in [2.24, 2.45) is 0 Å². The van der Waals surface area contributed by atoms with Crippen molar-refractivity contribution in [1.82, 2.24) is 10.2 Å². The Labute approximate surface area is 221 Å². The third-order valence-corrected chi connectivity index (χ3v) is 8.01. The SMILES string of the molecule is CC(C)(Oc1ccccc1)C(=O)NC1CN(C(Cl)(C(=O)OCC(Cl)(Cl)Cl)C(C)(C)SCl)C1=O. The zero-order chi connectivity index (χ0) is 25.2. The van der Waals surface area contributed by atoms with Crippen molar-refractivity contribution >= 4 is 85.8 Å². The van der Waals surface area contributed by atoms with Crippen LogP contribution in [-0.2, 0) is 19.1 Å². The molecule has 184 valence electrons. The number of likely N-dealkylation sites (tertiary alicyclic amines) is 1. The number of para-hydroxylation sites is 1. The largest absolute Gasteiger partial charge is 0.478 e. The lowest BCUT2D eigenvalue weighted by molar-refractivity contribution is -0.169. The van der Waals surface area contributed by atoms with Gasteiger partial charge in [-0.05, 0) is 61.5 Å². The summed E-state index contributed by atoms with van der Waals surface area (Å²) in [6.07, 6.45) is 0. The molecule has 33 heavy (non-hydrogen) atoms. The van der Waals surface area contributed by atoms with Gasteiger partial charge >= 0.3 is 5.97 Å². The van der Waals surface area contributed by atoms with Crippen LogP contribution in [0.25, 0.3) is 0 Å². The molecule has 0 bridgehead atoms. The van der Waals surface area contributed by atoms with E-state index >= 15 is 0 Å². The van der Waals surface area contributed by atoms with Crippen molar-refractivity contribution in [2.45, 2.75) is 52.9 Å². The Balaban J connectivity index is 2.13. The number of hydrogen-bond acceptors (Lipinski definition) is 6. The van der Waals surface area contributed by atoms with E-state index in [0.29, 0.717) is 5.75 Å². The third-order valence-electron chi connectivity index (χ3n) is 4.90. The van der Waals surface area contributed by atoms with Crippen LogP contribution in [0.2, 0.25) is 0 Å². The number of carbonyl (C=O) groups is 3. The van der Waals surface area contributed by atoms with Crippen LogP contribution < -0.4 is 10.1 Å². The van der Waals surface area contributed by atoms with Crippen molar-refractivity contribution in [3.63, 3.8) is 0 Å². The maximum absolute atomic E-state index is 12.9. The molecule has 0 spiro atoms. The van der Waals surface area contributed by atoms with Crippen LogP contribution >= 0.6 is 68.1 Å². The van der Waals surface area contributed by atoms with E-state index < -0.39 is 49.6 Å². The molecule has 1 aromatic carbocycles. The van der Waals surface area contributed by atoms with Gasteiger partial charge < -0.3 is 19.7 Å². The summed E-state index contributed by atoms with van der Waals surface area (Å²) >= 11 is 23.6. The number of rotatable bonds is 9. The van der Waals surface area contributed by atoms with Crippen LogP contribution in [-0.4, -0.2) is 61.0 Å². The van der Waals surface area contributed by atoms with E-state index in [2.05, 4.69) is 5.32 Å². The molecule has 0 saturated carbocycles. The first kappa shape index (κ1) is 28.5. The van der Waals surface area contributed by atoms with E-state index in [9.17, 15) is 14.4 Å². The molecule has 0 radical (unpaired) electrons. The van der Waals surface area contributed by atoms with Gasteiger partial charge in [0.15, 0.2) is 5.60 Å². The zero-order valence-corrected chi connectivity index (χ0v) is 22.8. The summed E-state index contributed by atoms with van der Waals surface area (Å²) < 4.78 is 7.73. The quantitative estimate of drug-likeness (QED) is 0.198. The summed E-state index contributed by atoms with van der Waals surface area (Å²) in [6, 6.07) is 7.86. The predicted octanol–water partition coefficient (Wildman–Crippen LogP) is 4.69. The van der Waals surface area contributed by atoms with Gasteiger partial charge in [-0.3, -0.25) is 9.59 Å². The molecule has 2 rings (SSSR count). The molecule has 1 N–H and O–H groups in total. The second-order valence-corrected chi connectivity index (χ2v) is 13.0. The van der Waals surface area contributed by atoms with E-state index in [1.807, 2.05) is 6.07 Å². The number of β-lactam (4-membered cyclic amide) rings is 1. The van der Waals surface area contributed by atoms with Crippen LogP contribution in [0, 0.1) is 0 Å². The molecule has 2 amide bonds. The molecular weight excluding hydrogens is 558 g/mol. The monoisotopic (exact) mass is 578 g/mol. The Morgan fingerprint density at radius 1 is 1.12 bits per heavy atom. The van der Waals surface area contributed by atoms with Crippen LogP contribution in [0.15, 0.2) is 30.3 Å². The van der Waals surface area contributed by atoms with Crippen molar-refractivity contribution in [3.8, 4) is 5.75 Å².